The van der Waals surface area contributed by atoms with Crippen LogP contribution in [0.1, 0.15) is 72.2 Å². The Morgan fingerprint density at radius 1 is 0.344 bits per heavy atom. The summed E-state index contributed by atoms with van der Waals surface area (Å²) < 4.78 is 6.35. The van der Waals surface area contributed by atoms with Crippen LogP contribution in [0.3, 0.4) is 0 Å². The third-order valence-electron chi connectivity index (χ3n) is 13.2. The molecule has 0 aromatic heterocycles. The van der Waals surface area contributed by atoms with Crippen LogP contribution in [-0.4, -0.2) is 0 Å². The monoisotopic (exact) mass is 792 g/mol. The van der Waals surface area contributed by atoms with Gasteiger partial charge in [0.2, 0.25) is 0 Å². The molecule has 0 saturated heterocycles. The third-order valence-corrected chi connectivity index (χ3v) is 13.2. The van der Waals surface area contributed by atoms with E-state index in [0.29, 0.717) is 13.2 Å². The zero-order valence-electron chi connectivity index (χ0n) is 36.0. The average Bonchev–Trinajstić information content (AvgIpc) is 3.65. The van der Waals surface area contributed by atoms with Crippen LogP contribution in [-0.2, 0) is 28.8 Å². The highest BCUT2D eigenvalue weighted by Gasteiger charge is 2.37. The largest absolute Gasteiger partial charge is 0.372 e. The van der Waals surface area contributed by atoms with Gasteiger partial charge in [-0.25, -0.2) is 0 Å². The summed E-state index contributed by atoms with van der Waals surface area (Å²) in [5, 5.41) is 0. The molecule has 0 N–H and O–H groups in total. The fourth-order valence-electron chi connectivity index (χ4n) is 9.71. The van der Waals surface area contributed by atoms with Crippen molar-refractivity contribution >= 4 is 34.1 Å². The maximum Gasteiger partial charge on any atom is 0.0721 e. The Morgan fingerprint density at radius 3 is 1.03 bits per heavy atom. The number of rotatable bonds is 10. The molecule has 8 aromatic rings. The van der Waals surface area contributed by atoms with Crippen LogP contribution < -0.4 is 9.80 Å². The van der Waals surface area contributed by atoms with E-state index in [4.69, 9.17) is 4.74 Å². The van der Waals surface area contributed by atoms with Gasteiger partial charge in [0.15, 0.2) is 0 Å². The van der Waals surface area contributed by atoms with E-state index in [0.717, 1.165) is 45.3 Å². The van der Waals surface area contributed by atoms with E-state index in [1.165, 1.54) is 55.6 Å². The highest BCUT2D eigenvalue weighted by molar-refractivity contribution is 5.87. The number of nitrogens with zero attached hydrogens (tertiary/aromatic N) is 2. The number of hydrogen-bond acceptors (Lipinski definition) is 3. The van der Waals surface area contributed by atoms with Gasteiger partial charge in [0.25, 0.3) is 0 Å². The summed E-state index contributed by atoms with van der Waals surface area (Å²) in [7, 11) is 0. The van der Waals surface area contributed by atoms with Gasteiger partial charge in [-0.05, 0) is 142 Å². The van der Waals surface area contributed by atoms with Gasteiger partial charge >= 0.3 is 0 Å². The molecule has 2 aliphatic rings. The number of benzene rings is 8. The molecule has 0 aliphatic heterocycles. The Hall–Kier alpha value is -6.68. The van der Waals surface area contributed by atoms with Gasteiger partial charge in [0.1, 0.15) is 0 Å². The summed E-state index contributed by atoms with van der Waals surface area (Å²) >= 11 is 0. The Morgan fingerprint density at radius 2 is 0.656 bits per heavy atom. The molecule has 61 heavy (non-hydrogen) atoms. The Bertz CT molecular complexity index is 2690. The maximum absolute atomic E-state index is 6.35. The van der Waals surface area contributed by atoms with Gasteiger partial charge in [-0.3, -0.25) is 0 Å². The second-order valence-corrected chi connectivity index (χ2v) is 18.0. The first kappa shape index (κ1) is 38.5. The molecule has 0 unspecified atom stereocenters. The molecular formula is C58H52N2O. The lowest BCUT2D eigenvalue weighted by molar-refractivity contribution is 0.107. The molecule has 10 rings (SSSR count). The van der Waals surface area contributed by atoms with Crippen molar-refractivity contribution in [1.82, 2.24) is 0 Å². The highest BCUT2D eigenvalue weighted by Crippen LogP contribution is 2.52. The van der Waals surface area contributed by atoms with Gasteiger partial charge in [-0.1, -0.05) is 148 Å². The summed E-state index contributed by atoms with van der Waals surface area (Å²) in [6.07, 6.45) is 0. The normalized spacial score (nSPS) is 13.9. The van der Waals surface area contributed by atoms with Gasteiger partial charge < -0.3 is 14.5 Å². The minimum absolute atomic E-state index is 0.0734. The molecular weight excluding hydrogens is 741 g/mol. The van der Waals surface area contributed by atoms with E-state index in [1.54, 1.807) is 0 Å². The van der Waals surface area contributed by atoms with E-state index < -0.39 is 0 Å². The fraction of sp³-hybridized carbons (Fsp3) is 0.172. The highest BCUT2D eigenvalue weighted by atomic mass is 16.5. The minimum Gasteiger partial charge on any atom is -0.372 e. The molecule has 0 atom stereocenters. The van der Waals surface area contributed by atoms with E-state index >= 15 is 0 Å². The first-order valence-electron chi connectivity index (χ1n) is 21.5. The van der Waals surface area contributed by atoms with Crippen LogP contribution in [0.5, 0.6) is 0 Å². The van der Waals surface area contributed by atoms with Crippen molar-refractivity contribution in [2.75, 3.05) is 9.80 Å². The van der Waals surface area contributed by atoms with Crippen LogP contribution in [0.4, 0.5) is 34.1 Å². The van der Waals surface area contributed by atoms with Crippen molar-refractivity contribution in [1.29, 1.82) is 0 Å². The summed E-state index contributed by atoms with van der Waals surface area (Å²) in [6.45, 7) is 14.7. The maximum atomic E-state index is 6.35. The van der Waals surface area contributed by atoms with Crippen LogP contribution in [0.25, 0.3) is 22.3 Å². The number of aryl methyl sites for hydroxylation is 2. The Kier molecular flexibility index (Phi) is 9.53. The molecule has 0 spiro atoms. The Labute approximate surface area is 361 Å². The Balaban J connectivity index is 0.868. The van der Waals surface area contributed by atoms with Crippen LogP contribution in [0.2, 0.25) is 0 Å². The van der Waals surface area contributed by atoms with Gasteiger partial charge in [0, 0.05) is 45.0 Å². The molecule has 300 valence electrons. The van der Waals surface area contributed by atoms with E-state index in [-0.39, 0.29) is 10.8 Å². The van der Waals surface area contributed by atoms with Crippen LogP contribution in [0.15, 0.2) is 182 Å². The second kappa shape index (κ2) is 15.1. The molecule has 3 heteroatoms. The molecule has 0 saturated carbocycles. The number of ether oxygens (including phenoxy) is 1. The first-order chi connectivity index (χ1) is 29.6. The molecule has 0 amide bonds. The van der Waals surface area contributed by atoms with Crippen molar-refractivity contribution in [2.45, 2.75) is 65.6 Å². The quantitative estimate of drug-likeness (QED) is 0.137. The standard InChI is InChI=1S/C58H52N2O/c1-39-15-23-43(24-16-39)59(47-31-33-51-49-11-7-9-13-53(49)57(3,4)55(51)35-47)45-27-19-41(20-28-45)37-61-38-42-21-29-46(30-22-42)60(44-25-17-40(2)18-26-44)48-32-34-52-50-12-8-10-14-54(50)58(5,6)56(52)36-48/h7-36H,37-38H2,1-6H3. The third kappa shape index (κ3) is 6.84. The SMILES string of the molecule is Cc1ccc(N(c2ccc(COCc3ccc(N(c4ccc(C)cc4)c4ccc5c(c4)C(C)(C)c4ccccc4-5)cc3)cc2)c2ccc3c(c2)C(C)(C)c2ccccc2-3)cc1. The number of fused-ring (bicyclic) bond motifs is 6. The zero-order valence-corrected chi connectivity index (χ0v) is 36.0. The predicted octanol–water partition coefficient (Wildman–Crippen LogP) is 15.6. The molecule has 2 aliphatic carbocycles. The van der Waals surface area contributed by atoms with Gasteiger partial charge in [0.05, 0.1) is 13.2 Å². The van der Waals surface area contributed by atoms with Crippen LogP contribution >= 0.6 is 0 Å². The summed E-state index contributed by atoms with van der Waals surface area (Å²) in [4.78, 5) is 4.74. The lowest BCUT2D eigenvalue weighted by atomic mass is 9.82. The van der Waals surface area contributed by atoms with Crippen molar-refractivity contribution in [3.8, 4) is 22.3 Å². The van der Waals surface area contributed by atoms with Crippen molar-refractivity contribution in [2.24, 2.45) is 0 Å². The minimum atomic E-state index is -0.0734. The average molecular weight is 793 g/mol. The topological polar surface area (TPSA) is 15.7 Å². The van der Waals surface area contributed by atoms with Crippen molar-refractivity contribution in [3.05, 3.63) is 226 Å². The molecule has 8 aromatic carbocycles. The summed E-state index contributed by atoms with van der Waals surface area (Å²) in [5.74, 6) is 0. The zero-order chi connectivity index (χ0) is 41.9. The molecule has 0 bridgehead atoms. The molecule has 3 nitrogen and oxygen atoms in total. The van der Waals surface area contributed by atoms with Gasteiger partial charge in [-0.15, -0.1) is 0 Å². The lowest BCUT2D eigenvalue weighted by Crippen LogP contribution is -2.16. The second-order valence-electron chi connectivity index (χ2n) is 18.0. The smallest absolute Gasteiger partial charge is 0.0721 e. The number of anilines is 6. The lowest BCUT2D eigenvalue weighted by Gasteiger charge is -2.28. The predicted molar refractivity (Wildman–Crippen MR) is 255 cm³/mol. The molecule has 0 heterocycles. The molecule has 0 radical (unpaired) electrons. The van der Waals surface area contributed by atoms with E-state index in [1.807, 2.05) is 0 Å². The van der Waals surface area contributed by atoms with Crippen molar-refractivity contribution < 1.29 is 4.74 Å². The molecule has 0 fully saturated rings. The van der Waals surface area contributed by atoms with E-state index in [2.05, 4.69) is 233 Å². The first-order valence-corrected chi connectivity index (χ1v) is 21.5. The van der Waals surface area contributed by atoms with E-state index in [9.17, 15) is 0 Å². The van der Waals surface area contributed by atoms with Crippen LogP contribution in [0, 0.1) is 13.8 Å². The van der Waals surface area contributed by atoms with Gasteiger partial charge in [-0.2, -0.15) is 0 Å². The van der Waals surface area contributed by atoms with Crippen molar-refractivity contribution in [3.63, 3.8) is 0 Å². The fourth-order valence-corrected chi connectivity index (χ4v) is 9.71. The summed E-state index contributed by atoms with van der Waals surface area (Å²) in [5.41, 5.74) is 22.3. The summed E-state index contributed by atoms with van der Waals surface area (Å²) in [6, 6.07) is 66.9. The number of hydrogen-bond donors (Lipinski definition) is 0.